The molecular formula is C45H78O19. The summed E-state index contributed by atoms with van der Waals surface area (Å²) in [5.41, 5.74) is 0. The Morgan fingerprint density at radius 3 is 1.88 bits per heavy atom. The van der Waals surface area contributed by atoms with E-state index in [-0.39, 0.29) is 12.5 Å². The minimum Gasteiger partial charge on any atom is -0.456 e. The van der Waals surface area contributed by atoms with Gasteiger partial charge in [-0.15, -0.1) is 0 Å². The molecule has 372 valence electrons. The number of fused-ring (bicyclic) bond motifs is 3. The number of esters is 2. The van der Waals surface area contributed by atoms with Gasteiger partial charge in [-0.25, -0.2) is 0 Å². The molecule has 64 heavy (non-hydrogen) atoms. The maximum atomic E-state index is 13.6. The lowest BCUT2D eigenvalue weighted by molar-refractivity contribution is -0.397. The van der Waals surface area contributed by atoms with Gasteiger partial charge in [-0.05, 0) is 53.4 Å². The summed E-state index contributed by atoms with van der Waals surface area (Å²) >= 11 is 0. The van der Waals surface area contributed by atoms with Gasteiger partial charge in [-0.2, -0.15) is 0 Å². The molecule has 19 heteroatoms. The van der Waals surface area contributed by atoms with Crippen LogP contribution in [0.3, 0.4) is 0 Å². The number of rotatable bonds is 11. The van der Waals surface area contributed by atoms with Crippen molar-refractivity contribution in [2.45, 2.75) is 267 Å². The number of aliphatic hydroxyl groups is 7. The van der Waals surface area contributed by atoms with Crippen LogP contribution in [-0.4, -0.2) is 177 Å². The van der Waals surface area contributed by atoms with Crippen molar-refractivity contribution in [2.75, 3.05) is 0 Å². The summed E-state index contributed by atoms with van der Waals surface area (Å²) in [7, 11) is 0. The first-order valence-electron chi connectivity index (χ1n) is 23.9. The molecule has 5 heterocycles. The number of ether oxygens (including phenoxy) is 10. The Morgan fingerprint density at radius 1 is 0.594 bits per heavy atom. The smallest absolute Gasteiger partial charge is 0.309 e. The molecule has 5 saturated heterocycles. The van der Waals surface area contributed by atoms with Crippen molar-refractivity contribution in [3.05, 3.63) is 0 Å². The highest BCUT2D eigenvalue weighted by molar-refractivity contribution is 5.72. The zero-order valence-corrected chi connectivity index (χ0v) is 38.6. The predicted octanol–water partition coefficient (Wildman–Crippen LogP) is 2.01. The SMILES string of the molecule is CCCCCC1CCCCCCCCCC(=O)OC2C(O)C(C)OC(OC3C(O1)OC(C)C(O)C3O)C2OC1OC(C)C(OC2OC(C)C(O)C(O)C2O)C(O)C1OC(=O)C(C)CC. The fraction of sp³-hybridized carbons (Fsp3) is 0.956. The molecule has 22 atom stereocenters. The molecule has 0 amide bonds. The molecular weight excluding hydrogens is 844 g/mol. The van der Waals surface area contributed by atoms with Crippen LogP contribution in [0.1, 0.15) is 138 Å². The number of carbonyl (C=O) groups excluding carboxylic acids is 2. The fourth-order valence-corrected chi connectivity index (χ4v) is 8.88. The van der Waals surface area contributed by atoms with E-state index in [1.165, 1.54) is 20.8 Å². The average Bonchev–Trinajstić information content (AvgIpc) is 3.26. The second-order valence-electron chi connectivity index (χ2n) is 18.5. The lowest BCUT2D eigenvalue weighted by atomic mass is 9.96. The van der Waals surface area contributed by atoms with Crippen molar-refractivity contribution in [1.29, 1.82) is 0 Å². The summed E-state index contributed by atoms with van der Waals surface area (Å²) in [6.07, 6.45) is -17.9. The zero-order chi connectivity index (χ0) is 46.8. The van der Waals surface area contributed by atoms with Crippen molar-refractivity contribution in [2.24, 2.45) is 5.92 Å². The fourth-order valence-electron chi connectivity index (χ4n) is 8.88. The van der Waals surface area contributed by atoms with Gasteiger partial charge < -0.3 is 83.1 Å². The lowest BCUT2D eigenvalue weighted by Crippen LogP contribution is -2.67. The van der Waals surface area contributed by atoms with Crippen LogP contribution >= 0.6 is 0 Å². The largest absolute Gasteiger partial charge is 0.456 e. The molecule has 0 spiro atoms. The van der Waals surface area contributed by atoms with Crippen LogP contribution in [-0.2, 0) is 57.0 Å². The van der Waals surface area contributed by atoms with Crippen molar-refractivity contribution in [3.8, 4) is 0 Å². The van der Waals surface area contributed by atoms with Gasteiger partial charge in [0.05, 0.1) is 36.4 Å². The van der Waals surface area contributed by atoms with Gasteiger partial charge in [0.15, 0.2) is 43.5 Å². The second kappa shape index (κ2) is 25.1. The molecule has 5 rings (SSSR count). The third-order valence-electron chi connectivity index (χ3n) is 13.4. The summed E-state index contributed by atoms with van der Waals surface area (Å²) in [6.45, 7) is 11.6. The third kappa shape index (κ3) is 13.5. The van der Waals surface area contributed by atoms with E-state index >= 15 is 0 Å². The van der Waals surface area contributed by atoms with E-state index in [0.29, 0.717) is 12.8 Å². The van der Waals surface area contributed by atoms with Crippen LogP contribution < -0.4 is 0 Å². The maximum absolute atomic E-state index is 13.6. The van der Waals surface area contributed by atoms with Crippen molar-refractivity contribution in [3.63, 3.8) is 0 Å². The number of carbonyl (C=O) groups is 2. The van der Waals surface area contributed by atoms with E-state index in [0.717, 1.165) is 70.6 Å². The van der Waals surface area contributed by atoms with Crippen molar-refractivity contribution >= 4 is 11.9 Å². The highest BCUT2D eigenvalue weighted by Gasteiger charge is 2.57. The first-order chi connectivity index (χ1) is 30.5. The summed E-state index contributed by atoms with van der Waals surface area (Å²) in [5.74, 6) is -2.01. The van der Waals surface area contributed by atoms with Crippen molar-refractivity contribution < 1.29 is 92.7 Å². The molecule has 0 aromatic rings. The van der Waals surface area contributed by atoms with Gasteiger partial charge in [-0.1, -0.05) is 78.6 Å². The Labute approximate surface area is 377 Å². The topological polar surface area (TPSA) is 268 Å². The predicted molar refractivity (Wildman–Crippen MR) is 224 cm³/mol. The quantitative estimate of drug-likeness (QED) is 0.115. The van der Waals surface area contributed by atoms with E-state index in [1.54, 1.807) is 20.8 Å². The summed E-state index contributed by atoms with van der Waals surface area (Å²) in [4.78, 5) is 27.0. The molecule has 19 nitrogen and oxygen atoms in total. The van der Waals surface area contributed by atoms with Crippen LogP contribution in [0.5, 0.6) is 0 Å². The molecule has 0 aromatic heterocycles. The Kier molecular flexibility index (Phi) is 20.9. The van der Waals surface area contributed by atoms with Gasteiger partial charge in [-0.3, -0.25) is 9.59 Å². The molecule has 0 aromatic carbocycles. The molecule has 0 radical (unpaired) electrons. The Bertz CT molecular complexity index is 1410. The first-order valence-corrected chi connectivity index (χ1v) is 23.9. The van der Waals surface area contributed by atoms with Gasteiger partial charge in [0.1, 0.15) is 54.9 Å². The van der Waals surface area contributed by atoms with Gasteiger partial charge >= 0.3 is 11.9 Å². The molecule has 7 N–H and O–H groups in total. The van der Waals surface area contributed by atoms with Gasteiger partial charge in [0, 0.05) is 6.42 Å². The normalized spacial score (nSPS) is 45.2. The maximum Gasteiger partial charge on any atom is 0.309 e. The minimum atomic E-state index is -1.75. The highest BCUT2D eigenvalue weighted by atomic mass is 16.8. The van der Waals surface area contributed by atoms with E-state index in [1.807, 2.05) is 0 Å². The van der Waals surface area contributed by atoms with Crippen LogP contribution in [0.2, 0.25) is 0 Å². The van der Waals surface area contributed by atoms with E-state index in [2.05, 4.69) is 6.92 Å². The molecule has 5 aliphatic rings. The molecule has 0 aliphatic carbocycles. The van der Waals surface area contributed by atoms with Gasteiger partial charge in [0.25, 0.3) is 0 Å². The molecule has 2 bridgehead atoms. The van der Waals surface area contributed by atoms with Crippen LogP contribution in [0, 0.1) is 5.92 Å². The monoisotopic (exact) mass is 923 g/mol. The van der Waals surface area contributed by atoms with E-state index in [9.17, 15) is 45.3 Å². The summed E-state index contributed by atoms with van der Waals surface area (Å²) in [5, 5.41) is 78.0. The Morgan fingerprint density at radius 2 is 1.19 bits per heavy atom. The van der Waals surface area contributed by atoms with Gasteiger partial charge in [0.2, 0.25) is 0 Å². The molecule has 22 unspecified atom stereocenters. The molecule has 5 fully saturated rings. The second-order valence-corrected chi connectivity index (χ2v) is 18.5. The first kappa shape index (κ1) is 53.3. The number of unbranched alkanes of at least 4 members (excludes halogenated alkanes) is 2. The molecule has 0 saturated carbocycles. The van der Waals surface area contributed by atoms with E-state index < -0.39 is 141 Å². The third-order valence-corrected chi connectivity index (χ3v) is 13.4. The number of hydrogen-bond donors (Lipinski definition) is 7. The number of hydrogen-bond acceptors (Lipinski definition) is 19. The van der Waals surface area contributed by atoms with Crippen molar-refractivity contribution in [1.82, 2.24) is 0 Å². The van der Waals surface area contributed by atoms with E-state index in [4.69, 9.17) is 47.4 Å². The molecule has 5 aliphatic heterocycles. The summed E-state index contributed by atoms with van der Waals surface area (Å²) < 4.78 is 62.0. The number of aliphatic hydroxyl groups excluding tert-OH is 7. The standard InChI is InChI=1S/C45H78O19/c1-8-10-16-19-27-20-17-14-12-11-13-15-18-21-28(46)60-37-31(49)25(6)57-45(63-38-33(51)30(48)24(5)56-43(38)59-27)40(37)64-44-39(61-41(54)22(3)9-2)35(53)36(26(7)58-44)62-42-34(52)32(50)29(47)23(4)55-42/h22-27,29-40,42-45,47-53H,8-21H2,1-7H3. The lowest BCUT2D eigenvalue weighted by Gasteiger charge is -2.50. The summed E-state index contributed by atoms with van der Waals surface area (Å²) in [6, 6.07) is 0. The Hall–Kier alpha value is -1.66. The zero-order valence-electron chi connectivity index (χ0n) is 38.6. The minimum absolute atomic E-state index is 0.0363. The Balaban J connectivity index is 1.51. The van der Waals surface area contributed by atoms with Crippen LogP contribution in [0.15, 0.2) is 0 Å². The average molecular weight is 923 g/mol. The van der Waals surface area contributed by atoms with Crippen LogP contribution in [0.25, 0.3) is 0 Å². The highest BCUT2D eigenvalue weighted by Crippen LogP contribution is 2.37. The van der Waals surface area contributed by atoms with Crippen LogP contribution in [0.4, 0.5) is 0 Å².